The van der Waals surface area contributed by atoms with Crippen molar-refractivity contribution in [3.8, 4) is 5.75 Å². The molecule has 0 saturated carbocycles. The van der Waals surface area contributed by atoms with Gasteiger partial charge in [-0.15, -0.1) is 0 Å². The van der Waals surface area contributed by atoms with Crippen molar-refractivity contribution in [2.75, 3.05) is 6.61 Å². The third kappa shape index (κ3) is 4.30. The summed E-state index contributed by atoms with van der Waals surface area (Å²) in [5, 5.41) is 3.78. The first kappa shape index (κ1) is 20.7. The summed E-state index contributed by atoms with van der Waals surface area (Å²) in [6.07, 6.45) is 3.99. The highest BCUT2D eigenvalue weighted by Gasteiger charge is 2.22. The number of hydrogen-bond acceptors (Lipinski definition) is 4. The van der Waals surface area contributed by atoms with Crippen LogP contribution in [0.15, 0.2) is 53.6 Å². The Bertz CT molecular complexity index is 1160. The fourth-order valence-electron chi connectivity index (χ4n) is 3.63. The number of amides is 1. The second-order valence-corrected chi connectivity index (χ2v) is 9.41. The average molecular weight is 437 g/mol. The van der Waals surface area contributed by atoms with E-state index in [1.807, 2.05) is 18.2 Å². The number of ether oxygens (including phenoxy) is 1. The number of nitrogens with zero attached hydrogens (tertiary/aromatic N) is 1. The molecule has 3 aromatic rings. The summed E-state index contributed by atoms with van der Waals surface area (Å²) in [4.78, 5) is 12.7. The van der Waals surface area contributed by atoms with E-state index in [0.29, 0.717) is 28.3 Å². The molecule has 6 heteroatoms. The van der Waals surface area contributed by atoms with Gasteiger partial charge in [-0.3, -0.25) is 4.79 Å². The van der Waals surface area contributed by atoms with Gasteiger partial charge in [-0.2, -0.15) is 0 Å². The Kier molecular flexibility index (Phi) is 5.97. The van der Waals surface area contributed by atoms with Crippen molar-refractivity contribution in [1.82, 2.24) is 9.88 Å². The molecule has 0 aliphatic carbocycles. The Balaban J connectivity index is 1.57. The summed E-state index contributed by atoms with van der Waals surface area (Å²) >= 11 is 6.41. The summed E-state index contributed by atoms with van der Waals surface area (Å²) in [6, 6.07) is 14.6. The van der Waals surface area contributed by atoms with Gasteiger partial charge < -0.3 is 14.6 Å². The molecule has 2 aromatic carbocycles. The molecule has 1 aliphatic rings. The molecular formula is C24H24N2O2S2. The molecule has 30 heavy (non-hydrogen) atoms. The predicted molar refractivity (Wildman–Crippen MR) is 129 cm³/mol. The highest BCUT2D eigenvalue weighted by Crippen LogP contribution is 2.30. The number of thioether (sulfide) groups is 1. The lowest BCUT2D eigenvalue weighted by Crippen LogP contribution is -2.17. The van der Waals surface area contributed by atoms with E-state index < -0.39 is 0 Å². The quantitative estimate of drug-likeness (QED) is 0.401. The van der Waals surface area contributed by atoms with Crippen molar-refractivity contribution in [3.63, 3.8) is 0 Å². The van der Waals surface area contributed by atoms with Crippen molar-refractivity contribution in [3.05, 3.63) is 70.3 Å². The Labute approximate surface area is 186 Å². The van der Waals surface area contributed by atoms with Crippen molar-refractivity contribution in [2.45, 2.75) is 33.2 Å². The number of aromatic nitrogens is 1. The van der Waals surface area contributed by atoms with Crippen molar-refractivity contribution >= 4 is 51.2 Å². The lowest BCUT2D eigenvalue weighted by molar-refractivity contribution is -0.115. The molecule has 0 bridgehead atoms. The first-order valence-electron chi connectivity index (χ1n) is 9.98. The number of carbonyl (C=O) groups is 1. The maximum atomic E-state index is 12.1. The van der Waals surface area contributed by atoms with E-state index in [1.54, 1.807) is 0 Å². The Morgan fingerprint density at radius 1 is 1.23 bits per heavy atom. The summed E-state index contributed by atoms with van der Waals surface area (Å²) in [5.41, 5.74) is 4.54. The van der Waals surface area contributed by atoms with Crippen LogP contribution in [-0.4, -0.2) is 21.4 Å². The number of hydrogen-bond donors (Lipinski definition) is 1. The SMILES string of the molecule is Cc1ccc(C(C)C)c(OCCn2cc(/C=C3/SC(=S)NC3=O)c3ccccc32)c1. The number of carbonyl (C=O) groups excluding carboxylic acids is 1. The average Bonchev–Trinajstić information content (AvgIpc) is 3.21. The summed E-state index contributed by atoms with van der Waals surface area (Å²) < 4.78 is 8.87. The normalized spacial score (nSPS) is 15.4. The molecule has 1 fully saturated rings. The van der Waals surface area contributed by atoms with E-state index in [0.717, 1.165) is 22.2 Å². The highest BCUT2D eigenvalue weighted by atomic mass is 32.2. The van der Waals surface area contributed by atoms with Gasteiger partial charge >= 0.3 is 0 Å². The van der Waals surface area contributed by atoms with Crippen LogP contribution in [-0.2, 0) is 11.3 Å². The van der Waals surface area contributed by atoms with Gasteiger partial charge in [0.25, 0.3) is 5.91 Å². The molecule has 1 aromatic heterocycles. The fourth-order valence-corrected chi connectivity index (χ4v) is 4.67. The second-order valence-electron chi connectivity index (χ2n) is 7.69. The monoisotopic (exact) mass is 436 g/mol. The van der Waals surface area contributed by atoms with Crippen LogP contribution in [0.2, 0.25) is 0 Å². The van der Waals surface area contributed by atoms with Crippen LogP contribution in [0.1, 0.15) is 36.5 Å². The molecule has 2 heterocycles. The number of rotatable bonds is 6. The number of fused-ring (bicyclic) bond motifs is 1. The lowest BCUT2D eigenvalue weighted by atomic mass is 10.0. The fraction of sp³-hybridized carbons (Fsp3) is 0.250. The zero-order valence-corrected chi connectivity index (χ0v) is 18.9. The molecule has 154 valence electrons. The number of para-hydroxylation sites is 1. The molecule has 1 amide bonds. The third-order valence-corrected chi connectivity index (χ3v) is 6.29. The summed E-state index contributed by atoms with van der Waals surface area (Å²) in [5.74, 6) is 1.23. The molecule has 0 unspecified atom stereocenters. The number of benzene rings is 2. The molecule has 0 spiro atoms. The van der Waals surface area contributed by atoms with Crippen molar-refractivity contribution < 1.29 is 9.53 Å². The third-order valence-electron chi connectivity index (χ3n) is 5.13. The van der Waals surface area contributed by atoms with Gasteiger partial charge in [0.1, 0.15) is 16.7 Å². The first-order valence-corrected chi connectivity index (χ1v) is 11.2. The van der Waals surface area contributed by atoms with Gasteiger partial charge in [0.2, 0.25) is 0 Å². The summed E-state index contributed by atoms with van der Waals surface area (Å²) in [6.45, 7) is 7.72. The molecule has 1 aliphatic heterocycles. The van der Waals surface area contributed by atoms with E-state index in [4.69, 9.17) is 17.0 Å². The van der Waals surface area contributed by atoms with Gasteiger partial charge in [0.05, 0.1) is 11.4 Å². The van der Waals surface area contributed by atoms with Gasteiger partial charge in [-0.1, -0.05) is 68.2 Å². The highest BCUT2D eigenvalue weighted by molar-refractivity contribution is 8.26. The molecule has 4 rings (SSSR count). The maximum absolute atomic E-state index is 12.1. The van der Waals surface area contributed by atoms with E-state index in [1.165, 1.54) is 22.9 Å². The Morgan fingerprint density at radius 2 is 2.03 bits per heavy atom. The summed E-state index contributed by atoms with van der Waals surface area (Å²) in [7, 11) is 0. The molecular weight excluding hydrogens is 412 g/mol. The van der Waals surface area contributed by atoms with Crippen LogP contribution >= 0.6 is 24.0 Å². The zero-order chi connectivity index (χ0) is 21.3. The second kappa shape index (κ2) is 8.66. The van der Waals surface area contributed by atoms with Crippen LogP contribution in [0.3, 0.4) is 0 Å². The minimum absolute atomic E-state index is 0.133. The van der Waals surface area contributed by atoms with Gasteiger partial charge in [0.15, 0.2) is 0 Å². The van der Waals surface area contributed by atoms with E-state index >= 15 is 0 Å². The van der Waals surface area contributed by atoms with Crippen LogP contribution in [0.5, 0.6) is 5.75 Å². The maximum Gasteiger partial charge on any atom is 0.263 e. The van der Waals surface area contributed by atoms with E-state index in [-0.39, 0.29) is 5.91 Å². The number of thiocarbonyl (C=S) groups is 1. The topological polar surface area (TPSA) is 43.3 Å². The van der Waals surface area contributed by atoms with E-state index in [9.17, 15) is 4.79 Å². The Hall–Kier alpha value is -2.57. The molecule has 1 saturated heterocycles. The van der Waals surface area contributed by atoms with Gasteiger partial charge in [-0.25, -0.2) is 0 Å². The molecule has 0 atom stereocenters. The van der Waals surface area contributed by atoms with Gasteiger partial charge in [-0.05, 0) is 42.2 Å². The molecule has 4 nitrogen and oxygen atoms in total. The van der Waals surface area contributed by atoms with Crippen molar-refractivity contribution in [2.24, 2.45) is 0 Å². The van der Waals surface area contributed by atoms with Gasteiger partial charge in [0, 0.05) is 22.7 Å². The first-order chi connectivity index (χ1) is 14.4. The number of nitrogens with one attached hydrogen (secondary N) is 1. The van der Waals surface area contributed by atoms with Crippen LogP contribution < -0.4 is 10.1 Å². The molecule has 1 N–H and O–H groups in total. The van der Waals surface area contributed by atoms with Crippen LogP contribution in [0.4, 0.5) is 0 Å². The van der Waals surface area contributed by atoms with Crippen molar-refractivity contribution in [1.29, 1.82) is 0 Å². The zero-order valence-electron chi connectivity index (χ0n) is 17.3. The predicted octanol–water partition coefficient (Wildman–Crippen LogP) is 5.64. The minimum Gasteiger partial charge on any atom is -0.491 e. The standard InChI is InChI=1S/C24H24N2O2S2/c1-15(2)18-9-8-16(3)12-21(18)28-11-10-26-14-17(19-6-4-5-7-20(19)26)13-22-23(27)25-24(29)30-22/h4-9,12-15H,10-11H2,1-3H3,(H,25,27,29)/b22-13+. The Morgan fingerprint density at radius 3 is 2.77 bits per heavy atom. The molecule has 0 radical (unpaired) electrons. The number of aryl methyl sites for hydroxylation is 1. The van der Waals surface area contributed by atoms with E-state index in [2.05, 4.69) is 67.2 Å². The smallest absolute Gasteiger partial charge is 0.263 e. The lowest BCUT2D eigenvalue weighted by Gasteiger charge is -2.15. The minimum atomic E-state index is -0.133. The van der Waals surface area contributed by atoms with Crippen LogP contribution in [0.25, 0.3) is 17.0 Å². The largest absolute Gasteiger partial charge is 0.491 e. The van der Waals surface area contributed by atoms with Crippen LogP contribution in [0, 0.1) is 6.92 Å².